The highest BCUT2D eigenvalue weighted by Gasteiger charge is 2.31. The van der Waals surface area contributed by atoms with E-state index in [1.54, 1.807) is 23.4 Å². The van der Waals surface area contributed by atoms with Crippen molar-refractivity contribution in [3.63, 3.8) is 0 Å². The quantitative estimate of drug-likeness (QED) is 0.282. The Hall–Kier alpha value is -4.22. The van der Waals surface area contributed by atoms with Gasteiger partial charge in [-0.2, -0.15) is 4.31 Å². The van der Waals surface area contributed by atoms with Crippen LogP contribution in [0.4, 0.5) is 5.69 Å². The van der Waals surface area contributed by atoms with Crippen LogP contribution >= 0.6 is 0 Å². The van der Waals surface area contributed by atoms with Crippen molar-refractivity contribution in [3.8, 4) is 11.3 Å². The standard InChI is InChI=1S/C27H25N5O5S/c1-18-15-19(2)26-23(16-18)24(17-25(29-26)20-7-9-28-10-8-20)27(33)30-11-13-31(14-12-30)38(36,37)22-5-3-21(4-6-22)32(34)35/h3-10,15-17H,11-14H2,1-2H3. The molecule has 3 heterocycles. The van der Waals surface area contributed by atoms with Crippen LogP contribution in [0.25, 0.3) is 22.2 Å². The van der Waals surface area contributed by atoms with Gasteiger partial charge in [0.25, 0.3) is 11.6 Å². The van der Waals surface area contributed by atoms with Crippen LogP contribution < -0.4 is 0 Å². The van der Waals surface area contributed by atoms with Crippen LogP contribution in [0, 0.1) is 24.0 Å². The maximum absolute atomic E-state index is 13.8. The number of pyridine rings is 2. The van der Waals surface area contributed by atoms with Crippen molar-refractivity contribution in [2.24, 2.45) is 0 Å². The summed E-state index contributed by atoms with van der Waals surface area (Å²) < 4.78 is 27.5. The number of hydrogen-bond acceptors (Lipinski definition) is 7. The van der Waals surface area contributed by atoms with E-state index < -0.39 is 14.9 Å². The van der Waals surface area contributed by atoms with Crippen molar-refractivity contribution in [1.82, 2.24) is 19.2 Å². The van der Waals surface area contributed by atoms with E-state index in [0.29, 0.717) is 11.3 Å². The van der Waals surface area contributed by atoms with E-state index in [2.05, 4.69) is 4.98 Å². The average molecular weight is 532 g/mol. The molecule has 0 aliphatic carbocycles. The van der Waals surface area contributed by atoms with Gasteiger partial charge >= 0.3 is 0 Å². The first-order valence-electron chi connectivity index (χ1n) is 12.0. The molecule has 0 bridgehead atoms. The monoisotopic (exact) mass is 531 g/mol. The van der Waals surface area contributed by atoms with Crippen molar-refractivity contribution in [1.29, 1.82) is 0 Å². The smallest absolute Gasteiger partial charge is 0.269 e. The first-order chi connectivity index (χ1) is 18.1. The Morgan fingerprint density at radius 2 is 1.61 bits per heavy atom. The molecule has 4 aromatic rings. The van der Waals surface area contributed by atoms with Gasteiger partial charge in [-0.25, -0.2) is 13.4 Å². The molecule has 5 rings (SSSR count). The minimum absolute atomic E-state index is 0.0176. The van der Waals surface area contributed by atoms with Gasteiger partial charge < -0.3 is 4.90 Å². The summed E-state index contributed by atoms with van der Waals surface area (Å²) in [4.78, 5) is 34.7. The summed E-state index contributed by atoms with van der Waals surface area (Å²) in [6.45, 7) is 4.59. The highest BCUT2D eigenvalue weighted by Crippen LogP contribution is 2.29. The molecule has 2 aromatic heterocycles. The lowest BCUT2D eigenvalue weighted by atomic mass is 9.99. The van der Waals surface area contributed by atoms with E-state index in [1.165, 1.54) is 28.6 Å². The lowest BCUT2D eigenvalue weighted by molar-refractivity contribution is -0.384. The van der Waals surface area contributed by atoms with Crippen LogP contribution in [0.5, 0.6) is 0 Å². The summed E-state index contributed by atoms with van der Waals surface area (Å²) in [5, 5.41) is 11.7. The lowest BCUT2D eigenvalue weighted by Crippen LogP contribution is -2.50. The van der Waals surface area contributed by atoms with Gasteiger partial charge in [-0.1, -0.05) is 11.6 Å². The number of fused-ring (bicyclic) bond motifs is 1. The van der Waals surface area contributed by atoms with Crippen LogP contribution in [0.15, 0.2) is 71.9 Å². The number of benzene rings is 2. The Kier molecular flexibility index (Phi) is 6.64. The molecule has 194 valence electrons. The second kappa shape index (κ2) is 9.92. The molecule has 11 heteroatoms. The zero-order chi connectivity index (χ0) is 27.0. The predicted molar refractivity (Wildman–Crippen MR) is 142 cm³/mol. The number of sulfonamides is 1. The fourth-order valence-electron chi connectivity index (χ4n) is 4.72. The number of nitro groups is 1. The van der Waals surface area contributed by atoms with Crippen molar-refractivity contribution in [2.45, 2.75) is 18.7 Å². The van der Waals surface area contributed by atoms with Crippen molar-refractivity contribution in [3.05, 3.63) is 93.8 Å². The average Bonchev–Trinajstić information content (AvgIpc) is 2.93. The number of aromatic nitrogens is 2. The maximum Gasteiger partial charge on any atom is 0.269 e. The molecule has 0 atom stereocenters. The Labute approximate surface area is 219 Å². The van der Waals surface area contributed by atoms with Crippen LogP contribution in [-0.4, -0.2) is 64.6 Å². The molecule has 0 unspecified atom stereocenters. The number of aryl methyl sites for hydroxylation is 2. The van der Waals surface area contributed by atoms with Crippen molar-refractivity contribution >= 4 is 32.5 Å². The first-order valence-corrected chi connectivity index (χ1v) is 13.5. The molecule has 1 fully saturated rings. The van der Waals surface area contributed by atoms with E-state index in [9.17, 15) is 23.3 Å². The van der Waals surface area contributed by atoms with Gasteiger partial charge in [-0.3, -0.25) is 19.9 Å². The fourth-order valence-corrected chi connectivity index (χ4v) is 6.14. The molecule has 0 N–H and O–H groups in total. The minimum atomic E-state index is -3.85. The second-order valence-corrected chi connectivity index (χ2v) is 11.2. The third-order valence-electron chi connectivity index (χ3n) is 6.67. The van der Waals surface area contributed by atoms with Crippen LogP contribution in [0.3, 0.4) is 0 Å². The molecule has 2 aromatic carbocycles. The largest absolute Gasteiger partial charge is 0.336 e. The maximum atomic E-state index is 13.8. The Morgan fingerprint density at radius 1 is 0.947 bits per heavy atom. The van der Waals surface area contributed by atoms with Crippen LogP contribution in [0.1, 0.15) is 21.5 Å². The third kappa shape index (κ3) is 4.73. The molecule has 0 radical (unpaired) electrons. The molecule has 0 spiro atoms. The highest BCUT2D eigenvalue weighted by atomic mass is 32.2. The fraction of sp³-hybridized carbons (Fsp3) is 0.222. The third-order valence-corrected chi connectivity index (χ3v) is 8.58. The molecular weight excluding hydrogens is 506 g/mol. The summed E-state index contributed by atoms with van der Waals surface area (Å²) in [5.41, 5.74) is 4.56. The zero-order valence-corrected chi connectivity index (χ0v) is 21.7. The number of nitrogens with zero attached hydrogens (tertiary/aromatic N) is 5. The Balaban J connectivity index is 1.43. The molecule has 10 nitrogen and oxygen atoms in total. The van der Waals surface area contributed by atoms with Crippen molar-refractivity contribution in [2.75, 3.05) is 26.2 Å². The van der Waals surface area contributed by atoms with Gasteiger partial charge in [-0.05, 0) is 55.8 Å². The summed E-state index contributed by atoms with van der Waals surface area (Å²) in [5.74, 6) is -0.190. The SMILES string of the molecule is Cc1cc(C)c2nc(-c3ccncc3)cc(C(=O)N3CCN(S(=O)(=O)c4ccc([N+](=O)[O-])cc4)CC3)c2c1. The normalized spacial score (nSPS) is 14.5. The lowest BCUT2D eigenvalue weighted by Gasteiger charge is -2.34. The van der Waals surface area contributed by atoms with E-state index in [4.69, 9.17) is 4.98 Å². The van der Waals surface area contributed by atoms with Gasteiger partial charge in [0.15, 0.2) is 0 Å². The second-order valence-electron chi connectivity index (χ2n) is 9.22. The summed E-state index contributed by atoms with van der Waals surface area (Å²) in [6, 6.07) is 14.3. The molecule has 1 amide bonds. The number of carbonyl (C=O) groups excluding carboxylic acids is 1. The van der Waals surface area contributed by atoms with Crippen LogP contribution in [0.2, 0.25) is 0 Å². The highest BCUT2D eigenvalue weighted by molar-refractivity contribution is 7.89. The van der Waals surface area contributed by atoms with Gasteiger partial charge in [-0.15, -0.1) is 0 Å². The van der Waals surface area contributed by atoms with E-state index in [0.717, 1.165) is 27.6 Å². The molecule has 1 aliphatic heterocycles. The van der Waals surface area contributed by atoms with Gasteiger partial charge in [0, 0.05) is 61.7 Å². The Bertz CT molecular complexity index is 1650. The minimum Gasteiger partial charge on any atom is -0.336 e. The number of piperazine rings is 1. The van der Waals surface area contributed by atoms with E-state index in [1.807, 2.05) is 38.1 Å². The number of non-ortho nitro benzene ring substituents is 1. The molecule has 1 aliphatic rings. The van der Waals surface area contributed by atoms with Crippen molar-refractivity contribution < 1.29 is 18.1 Å². The predicted octanol–water partition coefficient (Wildman–Crippen LogP) is 3.97. The van der Waals surface area contributed by atoms with Gasteiger partial charge in [0.2, 0.25) is 10.0 Å². The zero-order valence-electron chi connectivity index (χ0n) is 20.9. The van der Waals surface area contributed by atoms with Gasteiger partial charge in [0.1, 0.15) is 0 Å². The molecular formula is C27H25N5O5S. The van der Waals surface area contributed by atoms with E-state index in [-0.39, 0.29) is 42.7 Å². The number of rotatable bonds is 5. The van der Waals surface area contributed by atoms with Gasteiger partial charge in [0.05, 0.1) is 26.6 Å². The number of nitro benzene ring substituents is 1. The summed E-state index contributed by atoms with van der Waals surface area (Å²) >= 11 is 0. The molecule has 1 saturated heterocycles. The topological polar surface area (TPSA) is 127 Å². The Morgan fingerprint density at radius 3 is 2.24 bits per heavy atom. The van der Waals surface area contributed by atoms with E-state index >= 15 is 0 Å². The number of hydrogen-bond donors (Lipinski definition) is 0. The number of amides is 1. The van der Waals surface area contributed by atoms with Crippen LogP contribution in [-0.2, 0) is 10.0 Å². The number of carbonyl (C=O) groups is 1. The molecule has 0 saturated carbocycles. The summed E-state index contributed by atoms with van der Waals surface area (Å²) in [7, 11) is -3.85. The first kappa shape index (κ1) is 25.4. The molecule has 38 heavy (non-hydrogen) atoms. The summed E-state index contributed by atoms with van der Waals surface area (Å²) in [6.07, 6.45) is 3.35.